The van der Waals surface area contributed by atoms with E-state index >= 15 is 0 Å². The van der Waals surface area contributed by atoms with E-state index in [0.29, 0.717) is 19.4 Å². The third-order valence-corrected chi connectivity index (χ3v) is 2.74. The second-order valence-electron chi connectivity index (χ2n) is 4.27. The van der Waals surface area contributed by atoms with Crippen molar-refractivity contribution in [1.29, 1.82) is 0 Å². The van der Waals surface area contributed by atoms with E-state index in [1.54, 1.807) is 7.05 Å². The Morgan fingerprint density at radius 2 is 1.94 bits per heavy atom. The number of rotatable bonds is 10. The Hall–Kier alpha value is -0.900. The van der Waals surface area contributed by atoms with Gasteiger partial charge in [-0.1, -0.05) is 26.2 Å². The van der Waals surface area contributed by atoms with Crippen molar-refractivity contribution in [3.05, 3.63) is 0 Å². The van der Waals surface area contributed by atoms with Crippen LogP contribution in [0.15, 0.2) is 0 Å². The number of ketones is 1. The number of hydrogen-bond acceptors (Lipinski definition) is 4. The number of carbonyl (C=O) groups is 2. The summed E-state index contributed by atoms with van der Waals surface area (Å²) >= 11 is 0. The number of esters is 1. The van der Waals surface area contributed by atoms with Gasteiger partial charge in [-0.05, 0) is 26.8 Å². The molecule has 0 saturated heterocycles. The Bertz CT molecular complexity index is 229. The maximum Gasteiger partial charge on any atom is 0.305 e. The lowest BCUT2D eigenvalue weighted by molar-refractivity contribution is -0.144. The monoisotopic (exact) mass is 243 g/mol. The van der Waals surface area contributed by atoms with Crippen molar-refractivity contribution >= 4 is 11.8 Å². The van der Waals surface area contributed by atoms with Gasteiger partial charge in [0.15, 0.2) is 0 Å². The first-order chi connectivity index (χ1) is 8.11. The minimum Gasteiger partial charge on any atom is -0.466 e. The number of Topliss-reactive ketones (excluding diaryl/α,β-unsaturated/α-hetero) is 1. The third-order valence-electron chi connectivity index (χ3n) is 2.74. The first kappa shape index (κ1) is 16.1. The van der Waals surface area contributed by atoms with E-state index in [0.717, 1.165) is 12.8 Å². The number of ether oxygens (including phenoxy) is 1. The fraction of sp³-hybridized carbons (Fsp3) is 0.846. The van der Waals surface area contributed by atoms with Crippen LogP contribution in [-0.4, -0.2) is 31.4 Å². The molecular weight excluding hydrogens is 218 g/mol. The van der Waals surface area contributed by atoms with Crippen LogP contribution in [0, 0.1) is 0 Å². The molecule has 4 heteroatoms. The van der Waals surface area contributed by atoms with Crippen LogP contribution in [0.4, 0.5) is 0 Å². The van der Waals surface area contributed by atoms with E-state index < -0.39 is 0 Å². The largest absolute Gasteiger partial charge is 0.466 e. The van der Waals surface area contributed by atoms with Crippen LogP contribution in [0.25, 0.3) is 0 Å². The first-order valence-corrected chi connectivity index (χ1v) is 6.45. The summed E-state index contributed by atoms with van der Waals surface area (Å²) in [7, 11) is 1.72. The molecule has 0 rings (SSSR count). The minimum atomic E-state index is -0.234. The molecule has 100 valence electrons. The molecule has 0 heterocycles. The Morgan fingerprint density at radius 3 is 2.47 bits per heavy atom. The molecule has 0 aromatic carbocycles. The molecule has 1 atom stereocenters. The average molecular weight is 243 g/mol. The van der Waals surface area contributed by atoms with Crippen LogP contribution in [0.5, 0.6) is 0 Å². The highest BCUT2D eigenvalue weighted by Gasteiger charge is 2.13. The highest BCUT2D eigenvalue weighted by molar-refractivity contribution is 5.82. The van der Waals surface area contributed by atoms with Gasteiger partial charge in [0, 0.05) is 6.42 Å². The molecule has 1 N–H and O–H groups in total. The van der Waals surface area contributed by atoms with Crippen molar-refractivity contribution in [2.45, 2.75) is 58.4 Å². The highest BCUT2D eigenvalue weighted by Crippen LogP contribution is 2.03. The normalized spacial score (nSPS) is 12.2. The second kappa shape index (κ2) is 10.3. The summed E-state index contributed by atoms with van der Waals surface area (Å²) in [4.78, 5) is 22.5. The molecule has 0 saturated carbocycles. The number of unbranched alkanes of at least 4 members (excludes halogenated alkanes) is 3. The first-order valence-electron chi connectivity index (χ1n) is 6.45. The molecule has 0 bridgehead atoms. The quantitative estimate of drug-likeness (QED) is 0.471. The number of carbonyl (C=O) groups excluding carboxylic acids is 2. The van der Waals surface area contributed by atoms with Gasteiger partial charge in [-0.3, -0.25) is 9.59 Å². The topological polar surface area (TPSA) is 55.4 Å². The van der Waals surface area contributed by atoms with Gasteiger partial charge < -0.3 is 10.1 Å². The Kier molecular flexibility index (Phi) is 9.72. The lowest BCUT2D eigenvalue weighted by Crippen LogP contribution is -2.32. The summed E-state index contributed by atoms with van der Waals surface area (Å²) in [5.41, 5.74) is 0. The zero-order valence-electron chi connectivity index (χ0n) is 11.3. The Morgan fingerprint density at radius 1 is 1.24 bits per heavy atom. The fourth-order valence-electron chi connectivity index (χ4n) is 1.60. The summed E-state index contributed by atoms with van der Waals surface area (Å²) in [5.74, 6) is -0.147. The molecule has 0 radical (unpaired) electrons. The van der Waals surface area contributed by atoms with Gasteiger partial charge in [0.25, 0.3) is 0 Å². The maximum absolute atomic E-state index is 11.4. The summed E-state index contributed by atoms with van der Waals surface area (Å²) in [6, 6.07) is -0.234. The zero-order chi connectivity index (χ0) is 13.1. The van der Waals surface area contributed by atoms with Crippen LogP contribution >= 0.6 is 0 Å². The summed E-state index contributed by atoms with van der Waals surface area (Å²) in [5, 5.41) is 2.88. The van der Waals surface area contributed by atoms with Crippen LogP contribution in [0.1, 0.15) is 52.4 Å². The van der Waals surface area contributed by atoms with Crippen LogP contribution in [0.2, 0.25) is 0 Å². The highest BCUT2D eigenvalue weighted by atomic mass is 16.5. The van der Waals surface area contributed by atoms with Crippen molar-refractivity contribution in [2.75, 3.05) is 13.7 Å². The van der Waals surface area contributed by atoms with Gasteiger partial charge in [0.05, 0.1) is 12.6 Å². The summed E-state index contributed by atoms with van der Waals surface area (Å²) in [6.07, 6.45) is 5.22. The van der Waals surface area contributed by atoms with E-state index in [4.69, 9.17) is 4.74 Å². The molecule has 0 aliphatic rings. The molecule has 0 aromatic heterocycles. The number of likely N-dealkylation sites (N-methyl/N-ethyl adjacent to an activating group) is 1. The van der Waals surface area contributed by atoms with E-state index in [2.05, 4.69) is 12.2 Å². The average Bonchev–Trinajstić information content (AvgIpc) is 2.29. The van der Waals surface area contributed by atoms with Gasteiger partial charge >= 0.3 is 5.97 Å². The van der Waals surface area contributed by atoms with Crippen molar-refractivity contribution in [2.24, 2.45) is 0 Å². The van der Waals surface area contributed by atoms with Crippen LogP contribution in [-0.2, 0) is 14.3 Å². The van der Waals surface area contributed by atoms with Crippen LogP contribution < -0.4 is 5.32 Å². The standard InChI is InChI=1S/C13H25NO3/c1-4-5-6-7-10-17-13(16)9-8-12(14-3)11(2)15/h12,14H,4-10H2,1-3H3/t12-/m0/s1. The second-order valence-corrected chi connectivity index (χ2v) is 4.27. The predicted octanol–water partition coefficient (Wildman–Crippen LogP) is 2.07. The van der Waals surface area contributed by atoms with Gasteiger partial charge in [0.2, 0.25) is 0 Å². The Labute approximate surface area is 104 Å². The molecule has 0 spiro atoms. The van der Waals surface area contributed by atoms with Gasteiger partial charge in [-0.25, -0.2) is 0 Å². The third kappa shape index (κ3) is 8.86. The molecule has 0 aromatic rings. The van der Waals surface area contributed by atoms with E-state index in [1.807, 2.05) is 0 Å². The van der Waals surface area contributed by atoms with Crippen molar-refractivity contribution in [3.63, 3.8) is 0 Å². The minimum absolute atomic E-state index is 0.0586. The van der Waals surface area contributed by atoms with E-state index in [1.165, 1.54) is 19.8 Å². The maximum atomic E-state index is 11.4. The molecule has 4 nitrogen and oxygen atoms in total. The zero-order valence-corrected chi connectivity index (χ0v) is 11.3. The predicted molar refractivity (Wildman–Crippen MR) is 67.9 cm³/mol. The Balaban J connectivity index is 3.55. The molecule has 0 unspecified atom stereocenters. The molecule has 0 aliphatic carbocycles. The lowest BCUT2D eigenvalue weighted by Gasteiger charge is -2.11. The summed E-state index contributed by atoms with van der Waals surface area (Å²) in [6.45, 7) is 4.17. The summed E-state index contributed by atoms with van der Waals surface area (Å²) < 4.78 is 5.09. The van der Waals surface area contributed by atoms with E-state index in [-0.39, 0.29) is 17.8 Å². The lowest BCUT2D eigenvalue weighted by atomic mass is 10.1. The fourth-order valence-corrected chi connectivity index (χ4v) is 1.60. The van der Waals surface area contributed by atoms with E-state index in [9.17, 15) is 9.59 Å². The van der Waals surface area contributed by atoms with Crippen molar-refractivity contribution in [1.82, 2.24) is 5.32 Å². The number of nitrogens with one attached hydrogen (secondary N) is 1. The van der Waals surface area contributed by atoms with Gasteiger partial charge in [-0.15, -0.1) is 0 Å². The molecule has 0 aliphatic heterocycles. The van der Waals surface area contributed by atoms with Gasteiger partial charge in [-0.2, -0.15) is 0 Å². The SMILES string of the molecule is CCCCCCOC(=O)CC[C@H](NC)C(C)=O. The van der Waals surface area contributed by atoms with Gasteiger partial charge in [0.1, 0.15) is 5.78 Å². The van der Waals surface area contributed by atoms with Crippen LogP contribution in [0.3, 0.4) is 0 Å². The molecule has 17 heavy (non-hydrogen) atoms. The van der Waals surface area contributed by atoms with Crippen molar-refractivity contribution < 1.29 is 14.3 Å². The molecule has 0 fully saturated rings. The number of hydrogen-bond donors (Lipinski definition) is 1. The molecule has 0 amide bonds. The molecular formula is C13H25NO3. The van der Waals surface area contributed by atoms with Crippen molar-refractivity contribution in [3.8, 4) is 0 Å². The smallest absolute Gasteiger partial charge is 0.305 e.